The fourth-order valence-corrected chi connectivity index (χ4v) is 2.51. The highest BCUT2D eigenvalue weighted by molar-refractivity contribution is 9.10. The molecule has 0 unspecified atom stereocenters. The number of hydrogen-bond donors (Lipinski definition) is 1. The minimum Gasteiger partial charge on any atom is -0.454 e. The Morgan fingerprint density at radius 1 is 1.15 bits per heavy atom. The molecular weight excluding hydrogens is 389 g/mol. The van der Waals surface area contributed by atoms with Crippen LogP contribution in [0.25, 0.3) is 0 Å². The van der Waals surface area contributed by atoms with Crippen molar-refractivity contribution in [2.75, 3.05) is 6.54 Å². The minimum absolute atomic E-state index is 0.208. The Bertz CT molecular complexity index is 604. The molecule has 2 aromatic rings. The van der Waals surface area contributed by atoms with Gasteiger partial charge in [-0.15, -0.1) is 0 Å². The number of hydrogen-bond acceptors (Lipinski definition) is 2. The molecule has 0 amide bonds. The van der Waals surface area contributed by atoms with Gasteiger partial charge in [0.15, 0.2) is 11.6 Å². The normalized spacial score (nSPS) is 10.6. The molecule has 106 valence electrons. The molecule has 1 N–H and O–H groups in total. The van der Waals surface area contributed by atoms with E-state index in [4.69, 9.17) is 4.74 Å². The summed E-state index contributed by atoms with van der Waals surface area (Å²) in [5.74, 6) is 0.408. The molecule has 2 rings (SSSR count). The second kappa shape index (κ2) is 7.20. The topological polar surface area (TPSA) is 21.3 Å². The first-order valence-corrected chi connectivity index (χ1v) is 7.81. The molecule has 0 saturated carbocycles. The Kier molecular flexibility index (Phi) is 5.57. The van der Waals surface area contributed by atoms with Gasteiger partial charge in [-0.2, -0.15) is 0 Å². The highest BCUT2D eigenvalue weighted by Crippen LogP contribution is 2.29. The Balaban J connectivity index is 2.15. The van der Waals surface area contributed by atoms with Gasteiger partial charge in [0.05, 0.1) is 0 Å². The van der Waals surface area contributed by atoms with Gasteiger partial charge in [0.1, 0.15) is 5.75 Å². The summed E-state index contributed by atoms with van der Waals surface area (Å²) in [6, 6.07) is 10.3. The summed E-state index contributed by atoms with van der Waals surface area (Å²) in [5, 5.41) is 3.25. The van der Waals surface area contributed by atoms with Crippen LogP contribution in [-0.2, 0) is 6.54 Å². The Morgan fingerprint density at radius 2 is 1.95 bits per heavy atom. The van der Waals surface area contributed by atoms with E-state index >= 15 is 0 Å². The molecule has 0 atom stereocenters. The zero-order valence-corrected chi connectivity index (χ0v) is 14.1. The van der Waals surface area contributed by atoms with E-state index in [0.717, 1.165) is 23.1 Å². The predicted octanol–water partition coefficient (Wildman–Crippen LogP) is 5.25. The van der Waals surface area contributed by atoms with Gasteiger partial charge in [0, 0.05) is 15.5 Å². The quantitative estimate of drug-likeness (QED) is 0.737. The lowest BCUT2D eigenvalue weighted by atomic mass is 10.2. The molecule has 0 fully saturated rings. The van der Waals surface area contributed by atoms with Crippen LogP contribution >= 0.6 is 31.9 Å². The summed E-state index contributed by atoms with van der Waals surface area (Å²) in [6.07, 6.45) is 0. The Labute approximate surface area is 134 Å². The largest absolute Gasteiger partial charge is 0.454 e. The van der Waals surface area contributed by atoms with E-state index in [-0.39, 0.29) is 5.75 Å². The fourth-order valence-electron chi connectivity index (χ4n) is 1.68. The van der Waals surface area contributed by atoms with Crippen molar-refractivity contribution in [3.8, 4) is 11.5 Å². The first-order chi connectivity index (χ1) is 9.60. The van der Waals surface area contributed by atoms with Crippen molar-refractivity contribution in [1.29, 1.82) is 0 Å². The molecule has 0 heterocycles. The maximum absolute atomic E-state index is 13.7. The minimum atomic E-state index is -0.396. The third-order valence-corrected chi connectivity index (χ3v) is 3.94. The average molecular weight is 403 g/mol. The van der Waals surface area contributed by atoms with Gasteiger partial charge in [0.25, 0.3) is 0 Å². The summed E-state index contributed by atoms with van der Waals surface area (Å²) >= 11 is 6.72. The van der Waals surface area contributed by atoms with Crippen LogP contribution in [0.3, 0.4) is 0 Å². The zero-order valence-electron chi connectivity index (χ0n) is 10.9. The van der Waals surface area contributed by atoms with Gasteiger partial charge in [-0.3, -0.25) is 0 Å². The van der Waals surface area contributed by atoms with E-state index in [2.05, 4.69) is 44.1 Å². The maximum atomic E-state index is 13.7. The first-order valence-electron chi connectivity index (χ1n) is 6.22. The van der Waals surface area contributed by atoms with E-state index in [1.165, 1.54) is 6.07 Å². The highest BCUT2D eigenvalue weighted by atomic mass is 79.9. The monoisotopic (exact) mass is 401 g/mol. The van der Waals surface area contributed by atoms with Gasteiger partial charge in [0.2, 0.25) is 0 Å². The van der Waals surface area contributed by atoms with Crippen LogP contribution in [0.4, 0.5) is 4.39 Å². The lowest BCUT2D eigenvalue weighted by Crippen LogP contribution is -2.11. The van der Waals surface area contributed by atoms with Crippen molar-refractivity contribution < 1.29 is 9.13 Å². The van der Waals surface area contributed by atoms with Crippen LogP contribution in [0.1, 0.15) is 12.5 Å². The molecule has 0 bridgehead atoms. The summed E-state index contributed by atoms with van der Waals surface area (Å²) in [5.41, 5.74) is 1.13. The first kappa shape index (κ1) is 15.5. The third kappa shape index (κ3) is 4.04. The number of nitrogens with one attached hydrogen (secondary N) is 1. The average Bonchev–Trinajstić information content (AvgIpc) is 2.41. The molecule has 0 radical (unpaired) electrons. The molecule has 2 aromatic carbocycles. The van der Waals surface area contributed by atoms with Crippen LogP contribution in [0.2, 0.25) is 0 Å². The van der Waals surface area contributed by atoms with E-state index in [1.807, 2.05) is 18.2 Å². The van der Waals surface area contributed by atoms with Crippen molar-refractivity contribution >= 4 is 31.9 Å². The van der Waals surface area contributed by atoms with Crippen LogP contribution in [0.15, 0.2) is 45.3 Å². The highest BCUT2D eigenvalue weighted by Gasteiger charge is 2.07. The van der Waals surface area contributed by atoms with E-state index in [9.17, 15) is 4.39 Å². The van der Waals surface area contributed by atoms with Crippen molar-refractivity contribution in [1.82, 2.24) is 5.32 Å². The summed E-state index contributed by atoms with van der Waals surface area (Å²) in [4.78, 5) is 0. The molecule has 20 heavy (non-hydrogen) atoms. The standard InChI is InChI=1S/C15H14Br2FNO/c1-2-19-9-10-3-5-12(8-13(10)17)20-15-6-4-11(16)7-14(15)18/h3-8,19H,2,9H2,1H3. The number of rotatable bonds is 5. The number of benzene rings is 2. The van der Waals surface area contributed by atoms with E-state index in [0.29, 0.717) is 10.2 Å². The van der Waals surface area contributed by atoms with Crippen molar-refractivity contribution in [3.63, 3.8) is 0 Å². The molecule has 5 heteroatoms. The van der Waals surface area contributed by atoms with Gasteiger partial charge in [-0.05, 0) is 42.4 Å². The predicted molar refractivity (Wildman–Crippen MR) is 85.7 cm³/mol. The summed E-state index contributed by atoms with van der Waals surface area (Å²) in [6.45, 7) is 3.75. The van der Waals surface area contributed by atoms with Crippen LogP contribution in [0.5, 0.6) is 11.5 Å². The van der Waals surface area contributed by atoms with E-state index in [1.54, 1.807) is 12.1 Å². The SMILES string of the molecule is CCNCc1ccc(Oc2ccc(Br)cc2F)cc1Br. The van der Waals surface area contributed by atoms with Crippen LogP contribution < -0.4 is 10.1 Å². The molecule has 0 aliphatic rings. The number of ether oxygens (including phenoxy) is 1. The zero-order chi connectivity index (χ0) is 14.5. The van der Waals surface area contributed by atoms with Gasteiger partial charge >= 0.3 is 0 Å². The summed E-state index contributed by atoms with van der Waals surface area (Å²) < 4.78 is 20.9. The molecular formula is C15H14Br2FNO. The number of halogens is 3. The second-order valence-electron chi connectivity index (χ2n) is 4.21. The molecule has 0 aliphatic heterocycles. The van der Waals surface area contributed by atoms with Gasteiger partial charge < -0.3 is 10.1 Å². The lowest BCUT2D eigenvalue weighted by Gasteiger charge is -2.10. The van der Waals surface area contributed by atoms with Crippen molar-refractivity contribution in [2.24, 2.45) is 0 Å². The van der Waals surface area contributed by atoms with Crippen LogP contribution in [-0.4, -0.2) is 6.54 Å². The molecule has 0 spiro atoms. The third-order valence-electron chi connectivity index (χ3n) is 2.71. The summed E-state index contributed by atoms with van der Waals surface area (Å²) in [7, 11) is 0. The smallest absolute Gasteiger partial charge is 0.166 e. The molecule has 0 aromatic heterocycles. The Hall–Kier alpha value is -0.910. The molecule has 0 aliphatic carbocycles. The molecule has 0 saturated heterocycles. The van der Waals surface area contributed by atoms with Gasteiger partial charge in [-0.1, -0.05) is 44.8 Å². The van der Waals surface area contributed by atoms with Gasteiger partial charge in [-0.25, -0.2) is 4.39 Å². The fraction of sp³-hybridized carbons (Fsp3) is 0.200. The maximum Gasteiger partial charge on any atom is 0.166 e. The second-order valence-corrected chi connectivity index (χ2v) is 5.98. The van der Waals surface area contributed by atoms with Crippen LogP contribution in [0, 0.1) is 5.82 Å². The lowest BCUT2D eigenvalue weighted by molar-refractivity contribution is 0.441. The molecule has 2 nitrogen and oxygen atoms in total. The van der Waals surface area contributed by atoms with Crippen molar-refractivity contribution in [2.45, 2.75) is 13.5 Å². The Morgan fingerprint density at radius 3 is 2.60 bits per heavy atom. The van der Waals surface area contributed by atoms with Crippen molar-refractivity contribution in [3.05, 3.63) is 56.7 Å². The van der Waals surface area contributed by atoms with E-state index < -0.39 is 5.82 Å².